The molecule has 3 atom stereocenters. The highest BCUT2D eigenvalue weighted by atomic mass is 28.4. The van der Waals surface area contributed by atoms with Gasteiger partial charge in [-0.2, -0.15) is 0 Å². The predicted octanol–water partition coefficient (Wildman–Crippen LogP) is 7.77. The highest BCUT2D eigenvalue weighted by Gasteiger charge is 2.52. The van der Waals surface area contributed by atoms with E-state index in [2.05, 4.69) is 101 Å². The molecule has 0 aliphatic carbocycles. The van der Waals surface area contributed by atoms with Crippen LogP contribution in [0.2, 0.25) is 5.04 Å². The maximum Gasteiger partial charge on any atom is 0.261 e. The van der Waals surface area contributed by atoms with Crippen molar-refractivity contribution in [1.82, 2.24) is 0 Å². The summed E-state index contributed by atoms with van der Waals surface area (Å²) < 4.78 is 13.8. The standard InChI is InChI=1S/C34H50O3Si/c1-5-6-7-8-9-10-11-12-13-20-25-32-33(27-26-29(28-35)36-32)37-38(34(2,3)4,30-21-16-14-17-22-30)31-23-18-15-19-24-31/h13-24,28-29,32-33H,5-12,25-27H2,1-4H3/b20-13-/t29-,32-,33-/m1/s1. The molecule has 1 aliphatic heterocycles. The van der Waals surface area contributed by atoms with Crippen molar-refractivity contribution >= 4 is 25.0 Å². The molecule has 1 fully saturated rings. The van der Waals surface area contributed by atoms with Gasteiger partial charge in [0, 0.05) is 0 Å². The topological polar surface area (TPSA) is 35.5 Å². The summed E-state index contributed by atoms with van der Waals surface area (Å²) in [5.41, 5.74) is 0. The lowest BCUT2D eigenvalue weighted by molar-refractivity contribution is -0.138. The van der Waals surface area contributed by atoms with Crippen molar-refractivity contribution in [2.75, 3.05) is 0 Å². The smallest absolute Gasteiger partial charge is 0.261 e. The molecule has 1 saturated heterocycles. The molecule has 3 rings (SSSR count). The van der Waals surface area contributed by atoms with Crippen LogP contribution in [-0.4, -0.2) is 32.9 Å². The van der Waals surface area contributed by atoms with Gasteiger partial charge in [0.2, 0.25) is 0 Å². The lowest BCUT2D eigenvalue weighted by atomic mass is 9.99. The van der Waals surface area contributed by atoms with Gasteiger partial charge in [-0.3, -0.25) is 0 Å². The molecule has 0 radical (unpaired) electrons. The Labute approximate surface area is 233 Å². The summed E-state index contributed by atoms with van der Waals surface area (Å²) in [5.74, 6) is 0. The Hall–Kier alpha value is -2.01. The molecule has 1 aliphatic rings. The van der Waals surface area contributed by atoms with E-state index in [0.717, 1.165) is 25.5 Å². The van der Waals surface area contributed by atoms with E-state index in [0.29, 0.717) is 6.42 Å². The molecule has 4 heteroatoms. The van der Waals surface area contributed by atoms with Crippen molar-refractivity contribution in [3.8, 4) is 0 Å². The largest absolute Gasteiger partial charge is 0.402 e. The zero-order valence-corrected chi connectivity index (χ0v) is 25.2. The molecule has 3 nitrogen and oxygen atoms in total. The molecule has 2 aromatic rings. The summed E-state index contributed by atoms with van der Waals surface area (Å²) in [6, 6.07) is 21.6. The first kappa shape index (κ1) is 30.5. The maximum absolute atomic E-state index is 11.7. The molecular formula is C34H50O3Si. The molecule has 1 heterocycles. The van der Waals surface area contributed by atoms with Crippen molar-refractivity contribution in [3.63, 3.8) is 0 Å². The summed E-state index contributed by atoms with van der Waals surface area (Å²) in [5, 5.41) is 2.48. The van der Waals surface area contributed by atoms with Crippen LogP contribution in [-0.2, 0) is 14.0 Å². The fraction of sp³-hybridized carbons (Fsp3) is 0.559. The second kappa shape index (κ2) is 15.5. The first-order chi connectivity index (χ1) is 18.4. The van der Waals surface area contributed by atoms with Crippen molar-refractivity contribution in [1.29, 1.82) is 0 Å². The van der Waals surface area contributed by atoms with Crippen molar-refractivity contribution < 1.29 is 14.0 Å². The van der Waals surface area contributed by atoms with E-state index >= 15 is 0 Å². The molecule has 0 saturated carbocycles. The van der Waals surface area contributed by atoms with Gasteiger partial charge < -0.3 is 14.0 Å². The van der Waals surface area contributed by atoms with Gasteiger partial charge >= 0.3 is 0 Å². The third-order valence-electron chi connectivity index (χ3n) is 7.91. The van der Waals surface area contributed by atoms with Gasteiger partial charge in [-0.25, -0.2) is 0 Å². The van der Waals surface area contributed by atoms with Crippen LogP contribution in [0.4, 0.5) is 0 Å². The Morgan fingerprint density at radius 2 is 1.42 bits per heavy atom. The average molecular weight is 535 g/mol. The average Bonchev–Trinajstić information content (AvgIpc) is 2.93. The molecule has 0 unspecified atom stereocenters. The van der Waals surface area contributed by atoms with E-state index in [-0.39, 0.29) is 23.4 Å². The number of rotatable bonds is 15. The number of carbonyl (C=O) groups is 1. The quantitative estimate of drug-likeness (QED) is 0.101. The minimum Gasteiger partial charge on any atom is -0.402 e. The fourth-order valence-corrected chi connectivity index (χ4v) is 10.6. The van der Waals surface area contributed by atoms with E-state index in [9.17, 15) is 4.79 Å². The molecule has 0 spiro atoms. The number of carbonyl (C=O) groups excluding carboxylic acids is 1. The molecule has 0 bridgehead atoms. The number of unbranched alkanes of at least 4 members (excludes halogenated alkanes) is 7. The molecule has 0 N–H and O–H groups in total. The second-order valence-electron chi connectivity index (χ2n) is 11.9. The minimum atomic E-state index is -2.68. The molecule has 0 aromatic heterocycles. The van der Waals surface area contributed by atoms with E-state index < -0.39 is 8.32 Å². The molecular weight excluding hydrogens is 484 g/mol. The Morgan fingerprint density at radius 1 is 0.842 bits per heavy atom. The van der Waals surface area contributed by atoms with Crippen LogP contribution < -0.4 is 10.4 Å². The molecule has 208 valence electrons. The van der Waals surface area contributed by atoms with E-state index in [4.69, 9.17) is 9.16 Å². The summed E-state index contributed by atoms with van der Waals surface area (Å²) >= 11 is 0. The van der Waals surface area contributed by atoms with E-state index in [1.807, 2.05) is 0 Å². The van der Waals surface area contributed by atoms with E-state index in [1.165, 1.54) is 55.3 Å². The monoisotopic (exact) mass is 534 g/mol. The Balaban J connectivity index is 1.76. The zero-order chi connectivity index (χ0) is 27.3. The Kier molecular flexibility index (Phi) is 12.5. The first-order valence-corrected chi connectivity index (χ1v) is 16.9. The van der Waals surface area contributed by atoms with Gasteiger partial charge in [0.15, 0.2) is 0 Å². The van der Waals surface area contributed by atoms with Crippen molar-refractivity contribution in [3.05, 3.63) is 72.8 Å². The molecule has 38 heavy (non-hydrogen) atoms. The van der Waals surface area contributed by atoms with E-state index in [1.54, 1.807) is 0 Å². The Morgan fingerprint density at radius 3 is 1.97 bits per heavy atom. The van der Waals surface area contributed by atoms with Crippen LogP contribution in [0, 0.1) is 0 Å². The summed E-state index contributed by atoms with van der Waals surface area (Å²) in [7, 11) is -2.68. The third-order valence-corrected chi connectivity index (χ3v) is 13.0. The number of aldehydes is 1. The maximum atomic E-state index is 11.7. The van der Waals surface area contributed by atoms with Gasteiger partial charge in [-0.15, -0.1) is 0 Å². The van der Waals surface area contributed by atoms with Crippen LogP contribution in [0.5, 0.6) is 0 Å². The highest BCUT2D eigenvalue weighted by molar-refractivity contribution is 6.99. The van der Waals surface area contributed by atoms with Crippen molar-refractivity contribution in [2.24, 2.45) is 0 Å². The summed E-state index contributed by atoms with van der Waals surface area (Å²) in [6.07, 6.45) is 17.8. The normalized spacial score (nSPS) is 20.6. The summed E-state index contributed by atoms with van der Waals surface area (Å²) in [6.45, 7) is 9.21. The number of hydrogen-bond acceptors (Lipinski definition) is 3. The SMILES string of the molecule is CCCCCCCCC/C=C\C[C@H]1O[C@@H](C=O)CC[C@H]1O[Si](c1ccccc1)(c1ccccc1)C(C)(C)C. The fourth-order valence-electron chi connectivity index (χ4n) is 5.82. The number of allylic oxidation sites excluding steroid dienone is 1. The van der Waals surface area contributed by atoms with Gasteiger partial charge in [-0.05, 0) is 47.5 Å². The van der Waals surface area contributed by atoms with Crippen LogP contribution in [0.3, 0.4) is 0 Å². The third kappa shape index (κ3) is 8.24. The number of ether oxygens (including phenoxy) is 1. The van der Waals surface area contributed by atoms with Gasteiger partial charge in [0.25, 0.3) is 8.32 Å². The van der Waals surface area contributed by atoms with Crippen LogP contribution in [0.15, 0.2) is 72.8 Å². The molecule has 2 aromatic carbocycles. The van der Waals surface area contributed by atoms with Gasteiger partial charge in [-0.1, -0.05) is 139 Å². The van der Waals surface area contributed by atoms with Crippen molar-refractivity contribution in [2.45, 2.75) is 122 Å². The number of benzene rings is 2. The lowest BCUT2D eigenvalue weighted by Gasteiger charge is -2.47. The highest BCUT2D eigenvalue weighted by Crippen LogP contribution is 2.39. The number of hydrogen-bond donors (Lipinski definition) is 0. The minimum absolute atomic E-state index is 0.0549. The second-order valence-corrected chi connectivity index (χ2v) is 16.1. The lowest BCUT2D eigenvalue weighted by Crippen LogP contribution is -2.68. The predicted molar refractivity (Wildman–Crippen MR) is 163 cm³/mol. The first-order valence-electron chi connectivity index (χ1n) is 15.0. The molecule has 0 amide bonds. The van der Waals surface area contributed by atoms with Crippen LogP contribution in [0.1, 0.15) is 98.3 Å². The zero-order valence-electron chi connectivity index (χ0n) is 24.2. The van der Waals surface area contributed by atoms with Crippen LogP contribution >= 0.6 is 0 Å². The van der Waals surface area contributed by atoms with Crippen LogP contribution in [0.25, 0.3) is 0 Å². The summed E-state index contributed by atoms with van der Waals surface area (Å²) in [4.78, 5) is 11.7. The van der Waals surface area contributed by atoms with Gasteiger partial charge in [0.05, 0.1) is 12.2 Å². The van der Waals surface area contributed by atoms with Gasteiger partial charge in [0.1, 0.15) is 12.4 Å². The Bertz CT molecular complexity index is 911.